The lowest BCUT2D eigenvalue weighted by atomic mass is 10.1. The molecule has 1 N–H and O–H groups in total. The van der Waals surface area contributed by atoms with Gasteiger partial charge in [-0.2, -0.15) is 0 Å². The van der Waals surface area contributed by atoms with Crippen LogP contribution < -0.4 is 4.72 Å². The minimum absolute atomic E-state index is 0.0542. The third kappa shape index (κ3) is 4.73. The Hall–Kier alpha value is -2.65. The number of hydrogen-bond donors (Lipinski definition) is 1. The number of nitrogens with zero attached hydrogens (tertiary/aromatic N) is 3. The van der Waals surface area contributed by atoms with Crippen molar-refractivity contribution in [2.45, 2.75) is 36.1 Å². The first-order chi connectivity index (χ1) is 14.3. The number of thioether (sulfide) groups is 1. The average molecular weight is 443 g/mol. The molecule has 0 aliphatic heterocycles. The zero-order valence-corrected chi connectivity index (χ0v) is 18.3. The number of carbonyl (C=O) groups excluding carboxylic acids is 1. The van der Waals surface area contributed by atoms with Gasteiger partial charge < -0.3 is 0 Å². The molecule has 4 rings (SSSR count). The second-order valence-electron chi connectivity index (χ2n) is 7.36. The summed E-state index contributed by atoms with van der Waals surface area (Å²) < 4.78 is 27.1. The molecule has 0 saturated heterocycles. The van der Waals surface area contributed by atoms with E-state index in [1.807, 2.05) is 41.8 Å². The van der Waals surface area contributed by atoms with Crippen molar-refractivity contribution in [3.05, 3.63) is 66.0 Å². The van der Waals surface area contributed by atoms with Gasteiger partial charge in [0.15, 0.2) is 10.9 Å². The number of carbonyl (C=O) groups is 1. The highest BCUT2D eigenvalue weighted by Crippen LogP contribution is 2.41. The lowest BCUT2D eigenvalue weighted by molar-refractivity contribution is 0.0994. The van der Waals surface area contributed by atoms with Crippen LogP contribution in [0, 0.1) is 0 Å². The van der Waals surface area contributed by atoms with Crippen molar-refractivity contribution in [1.82, 2.24) is 14.8 Å². The topological polar surface area (TPSA) is 93.9 Å². The minimum Gasteiger partial charge on any atom is -0.293 e. The predicted octanol–water partition coefficient (Wildman–Crippen LogP) is 3.88. The summed E-state index contributed by atoms with van der Waals surface area (Å²) in [5, 5.41) is 9.09. The Kier molecular flexibility index (Phi) is 5.66. The number of nitrogens with one attached hydrogen (secondary N) is 1. The Bertz CT molecular complexity index is 1150. The quantitative estimate of drug-likeness (QED) is 0.420. The highest BCUT2D eigenvalue weighted by molar-refractivity contribution is 8.00. The van der Waals surface area contributed by atoms with E-state index in [4.69, 9.17) is 0 Å². The van der Waals surface area contributed by atoms with Crippen molar-refractivity contribution in [2.75, 3.05) is 11.0 Å². The van der Waals surface area contributed by atoms with Crippen LogP contribution in [0.3, 0.4) is 0 Å². The summed E-state index contributed by atoms with van der Waals surface area (Å²) in [4.78, 5) is 12.9. The molecule has 1 heterocycles. The van der Waals surface area contributed by atoms with Gasteiger partial charge in [0.2, 0.25) is 10.0 Å². The van der Waals surface area contributed by atoms with E-state index in [1.54, 1.807) is 24.3 Å². The van der Waals surface area contributed by atoms with Crippen LogP contribution in [0.15, 0.2) is 59.8 Å². The molecular formula is C21H22N4O3S2. The molecule has 9 heteroatoms. The van der Waals surface area contributed by atoms with E-state index >= 15 is 0 Å². The summed E-state index contributed by atoms with van der Waals surface area (Å²) in [6.45, 7) is 1.84. The highest BCUT2D eigenvalue weighted by Gasteiger charge is 2.32. The van der Waals surface area contributed by atoms with Crippen molar-refractivity contribution >= 4 is 33.3 Å². The molecule has 0 bridgehead atoms. The largest absolute Gasteiger partial charge is 0.293 e. The molecule has 0 radical (unpaired) electrons. The highest BCUT2D eigenvalue weighted by atomic mass is 32.2. The molecule has 1 aliphatic carbocycles. The van der Waals surface area contributed by atoms with Gasteiger partial charge in [0.25, 0.3) is 0 Å². The zero-order valence-electron chi connectivity index (χ0n) is 16.6. The van der Waals surface area contributed by atoms with Gasteiger partial charge in [-0.15, -0.1) is 10.2 Å². The van der Waals surface area contributed by atoms with Gasteiger partial charge in [-0.05, 0) is 56.2 Å². The Balaban J connectivity index is 1.54. The van der Waals surface area contributed by atoms with E-state index in [1.165, 1.54) is 11.8 Å². The molecule has 1 fully saturated rings. The van der Waals surface area contributed by atoms with Crippen LogP contribution in [0.2, 0.25) is 0 Å². The van der Waals surface area contributed by atoms with Crippen molar-refractivity contribution in [3.63, 3.8) is 0 Å². The molecule has 0 spiro atoms. The van der Waals surface area contributed by atoms with Crippen LogP contribution in [-0.2, 0) is 10.0 Å². The number of hydrogen-bond acceptors (Lipinski definition) is 6. The molecule has 156 valence electrons. The maximum atomic E-state index is 12.9. The molecule has 0 unspecified atom stereocenters. The fourth-order valence-electron chi connectivity index (χ4n) is 3.15. The molecule has 1 atom stereocenters. The normalized spacial score (nSPS) is 15.0. The van der Waals surface area contributed by atoms with Crippen LogP contribution in [0.25, 0.3) is 5.69 Å². The van der Waals surface area contributed by atoms with Gasteiger partial charge in [0.1, 0.15) is 5.82 Å². The fraction of sp³-hybridized carbons (Fsp3) is 0.286. The molecule has 2 aromatic carbocycles. The van der Waals surface area contributed by atoms with E-state index in [2.05, 4.69) is 14.9 Å². The molecule has 1 saturated carbocycles. The SMILES string of the molecule is C[C@@H](Sc1nnc(C2CC2)n1-c1ccccc1)C(=O)c1ccc(NS(C)(=O)=O)cc1. The Morgan fingerprint density at radius 2 is 1.77 bits per heavy atom. The third-order valence-electron chi connectivity index (χ3n) is 4.74. The van der Waals surface area contributed by atoms with Crippen molar-refractivity contribution in [3.8, 4) is 5.69 Å². The number of para-hydroxylation sites is 1. The van der Waals surface area contributed by atoms with E-state index in [0.29, 0.717) is 22.3 Å². The van der Waals surface area contributed by atoms with E-state index in [0.717, 1.165) is 30.6 Å². The first-order valence-corrected chi connectivity index (χ1v) is 12.4. The summed E-state index contributed by atoms with van der Waals surface area (Å²) in [5.74, 6) is 1.31. The Morgan fingerprint density at radius 1 is 1.10 bits per heavy atom. The van der Waals surface area contributed by atoms with Crippen molar-refractivity contribution in [1.29, 1.82) is 0 Å². The number of aromatic nitrogens is 3. The lowest BCUT2D eigenvalue weighted by Crippen LogP contribution is -2.15. The Labute approximate surface area is 180 Å². The first kappa shape index (κ1) is 20.6. The number of anilines is 1. The molecule has 30 heavy (non-hydrogen) atoms. The van der Waals surface area contributed by atoms with E-state index in [-0.39, 0.29) is 11.0 Å². The standard InChI is InChI=1S/C21H22N4O3S2/c1-14(19(26)15-10-12-17(13-11-15)24-30(2,27)28)29-21-23-22-20(16-8-9-16)25(21)18-6-4-3-5-7-18/h3-7,10-14,16,24H,8-9H2,1-2H3/t14-/m1/s1. The summed E-state index contributed by atoms with van der Waals surface area (Å²) in [7, 11) is -3.36. The zero-order chi connectivity index (χ0) is 21.3. The molecule has 7 nitrogen and oxygen atoms in total. The first-order valence-electron chi connectivity index (χ1n) is 9.61. The van der Waals surface area contributed by atoms with E-state index in [9.17, 15) is 13.2 Å². The van der Waals surface area contributed by atoms with Crippen molar-refractivity contribution < 1.29 is 13.2 Å². The Morgan fingerprint density at radius 3 is 2.37 bits per heavy atom. The monoisotopic (exact) mass is 442 g/mol. The number of rotatable bonds is 8. The van der Waals surface area contributed by atoms with Gasteiger partial charge in [-0.3, -0.25) is 14.1 Å². The summed E-state index contributed by atoms with van der Waals surface area (Å²) in [5.41, 5.74) is 1.93. The van der Waals surface area contributed by atoms with Gasteiger partial charge in [0.05, 0.1) is 11.5 Å². The number of Topliss-reactive ketones (excluding diaryl/α,β-unsaturated/α-hetero) is 1. The number of sulfonamides is 1. The molecular weight excluding hydrogens is 420 g/mol. The third-order valence-corrected chi connectivity index (χ3v) is 6.39. The van der Waals surface area contributed by atoms with Crippen LogP contribution >= 0.6 is 11.8 Å². The number of ketones is 1. The summed E-state index contributed by atoms with van der Waals surface area (Å²) in [6.07, 6.45) is 3.31. The molecule has 1 aromatic heterocycles. The lowest BCUT2D eigenvalue weighted by Gasteiger charge is -2.13. The van der Waals surface area contributed by atoms with Crippen molar-refractivity contribution in [2.24, 2.45) is 0 Å². The minimum atomic E-state index is -3.36. The molecule has 0 amide bonds. The molecule has 1 aliphatic rings. The van der Waals surface area contributed by atoms with Crippen LogP contribution in [0.5, 0.6) is 0 Å². The second kappa shape index (κ2) is 8.23. The summed E-state index contributed by atoms with van der Waals surface area (Å²) >= 11 is 1.38. The fourth-order valence-corrected chi connectivity index (χ4v) is 4.66. The van der Waals surface area contributed by atoms with Crippen LogP contribution in [0.4, 0.5) is 5.69 Å². The van der Waals surface area contributed by atoms with Gasteiger partial charge in [-0.1, -0.05) is 30.0 Å². The van der Waals surface area contributed by atoms with E-state index < -0.39 is 10.0 Å². The van der Waals surface area contributed by atoms with Crippen LogP contribution in [0.1, 0.15) is 41.9 Å². The summed E-state index contributed by atoms with van der Waals surface area (Å²) in [6, 6.07) is 16.4. The predicted molar refractivity (Wildman–Crippen MR) is 118 cm³/mol. The van der Waals surface area contributed by atoms with Crippen LogP contribution in [-0.4, -0.2) is 40.5 Å². The average Bonchev–Trinajstić information content (AvgIpc) is 3.48. The second-order valence-corrected chi connectivity index (χ2v) is 10.4. The van der Waals surface area contributed by atoms with Gasteiger partial charge in [0, 0.05) is 22.9 Å². The maximum absolute atomic E-state index is 12.9. The number of benzene rings is 2. The van der Waals surface area contributed by atoms with Gasteiger partial charge in [-0.25, -0.2) is 8.42 Å². The van der Waals surface area contributed by atoms with Gasteiger partial charge >= 0.3 is 0 Å². The smallest absolute Gasteiger partial charge is 0.229 e. The maximum Gasteiger partial charge on any atom is 0.229 e. The molecule has 3 aromatic rings.